The summed E-state index contributed by atoms with van der Waals surface area (Å²) in [6.45, 7) is 2.03. The molecule has 22 heavy (non-hydrogen) atoms. The minimum Gasteiger partial charge on any atom is -0.266 e. The van der Waals surface area contributed by atoms with E-state index in [4.69, 9.17) is 0 Å². The first-order valence-electron chi connectivity index (χ1n) is 6.58. The van der Waals surface area contributed by atoms with Crippen LogP contribution >= 0.6 is 22.7 Å². The third kappa shape index (κ3) is 2.15. The third-order valence-corrected chi connectivity index (χ3v) is 5.19. The highest BCUT2D eigenvalue weighted by Crippen LogP contribution is 2.17. The van der Waals surface area contributed by atoms with E-state index in [9.17, 15) is 4.79 Å². The Kier molecular flexibility index (Phi) is 3.09. The van der Waals surface area contributed by atoms with Gasteiger partial charge in [-0.2, -0.15) is 9.50 Å². The number of aryl methyl sites for hydroxylation is 1. The van der Waals surface area contributed by atoms with Crippen molar-refractivity contribution in [3.05, 3.63) is 61.3 Å². The lowest BCUT2D eigenvalue weighted by molar-refractivity contribution is 0.936. The second-order valence-corrected chi connectivity index (χ2v) is 6.71. The smallest absolute Gasteiger partial charge is 0.266 e. The molecule has 0 spiro atoms. The Morgan fingerprint density at radius 2 is 2.23 bits per heavy atom. The van der Waals surface area contributed by atoms with Crippen LogP contribution < -0.4 is 10.1 Å². The van der Waals surface area contributed by atoms with Crippen molar-refractivity contribution < 1.29 is 0 Å². The fraction of sp³-hybridized carbons (Fsp3) is 0.0667. The van der Waals surface area contributed by atoms with Gasteiger partial charge in [-0.25, -0.2) is 0 Å². The van der Waals surface area contributed by atoms with E-state index < -0.39 is 0 Å². The van der Waals surface area contributed by atoms with Crippen LogP contribution in [-0.2, 0) is 0 Å². The lowest BCUT2D eigenvalue weighted by atomic mass is 10.3. The highest BCUT2D eigenvalue weighted by Gasteiger charge is 2.12. The van der Waals surface area contributed by atoms with Crippen molar-refractivity contribution in [1.29, 1.82) is 0 Å². The van der Waals surface area contributed by atoms with E-state index in [0.29, 0.717) is 15.3 Å². The Hall–Kier alpha value is -2.38. The van der Waals surface area contributed by atoms with Crippen molar-refractivity contribution in [2.24, 2.45) is 0 Å². The Bertz CT molecular complexity index is 1060. The molecule has 4 rings (SSSR count). The van der Waals surface area contributed by atoms with E-state index in [0.717, 1.165) is 10.4 Å². The molecule has 7 heteroatoms. The molecule has 0 aliphatic carbocycles. The van der Waals surface area contributed by atoms with Gasteiger partial charge in [-0.15, -0.1) is 16.4 Å². The van der Waals surface area contributed by atoms with E-state index in [-0.39, 0.29) is 5.56 Å². The van der Waals surface area contributed by atoms with Crippen molar-refractivity contribution >= 4 is 33.7 Å². The molecule has 0 saturated heterocycles. The predicted octanol–water partition coefficient (Wildman–Crippen LogP) is 2.13. The van der Waals surface area contributed by atoms with Gasteiger partial charge in [-0.3, -0.25) is 9.78 Å². The summed E-state index contributed by atoms with van der Waals surface area (Å²) >= 11 is 2.97. The zero-order valence-corrected chi connectivity index (χ0v) is 13.2. The summed E-state index contributed by atoms with van der Waals surface area (Å²) in [5, 5.41) is 6.32. The van der Waals surface area contributed by atoms with Crippen LogP contribution in [0, 0.1) is 6.92 Å². The van der Waals surface area contributed by atoms with Gasteiger partial charge in [0.05, 0.1) is 4.53 Å². The molecule has 0 N–H and O–H groups in total. The zero-order valence-electron chi connectivity index (χ0n) is 11.6. The molecule has 0 radical (unpaired) electrons. The number of pyridine rings is 1. The molecule has 4 aromatic heterocycles. The number of hydrogen-bond acceptors (Lipinski definition) is 6. The first-order valence-corrected chi connectivity index (χ1v) is 8.28. The van der Waals surface area contributed by atoms with Crippen LogP contribution in [0.1, 0.15) is 10.4 Å². The molecular formula is C15H10N4OS2. The molecular weight excluding hydrogens is 316 g/mol. The quantitative estimate of drug-likeness (QED) is 0.566. The van der Waals surface area contributed by atoms with E-state index in [1.165, 1.54) is 21.4 Å². The van der Waals surface area contributed by atoms with Gasteiger partial charge < -0.3 is 0 Å². The normalized spacial score (nSPS) is 12.3. The number of rotatable bonds is 2. The van der Waals surface area contributed by atoms with Crippen LogP contribution in [0.2, 0.25) is 0 Å². The summed E-state index contributed by atoms with van der Waals surface area (Å²) in [7, 11) is 0. The molecule has 5 nitrogen and oxygen atoms in total. The molecule has 4 heterocycles. The fourth-order valence-electron chi connectivity index (χ4n) is 2.10. The van der Waals surface area contributed by atoms with Crippen molar-refractivity contribution in [2.75, 3.05) is 0 Å². The summed E-state index contributed by atoms with van der Waals surface area (Å²) in [5.41, 5.74) is 1.84. The summed E-state index contributed by atoms with van der Waals surface area (Å²) < 4.78 is 2.01. The molecule has 0 amide bonds. The van der Waals surface area contributed by atoms with Gasteiger partial charge >= 0.3 is 0 Å². The molecule has 0 saturated carbocycles. The molecule has 4 aromatic rings. The number of thiazole rings is 1. The van der Waals surface area contributed by atoms with E-state index in [1.807, 2.05) is 36.6 Å². The predicted molar refractivity (Wildman–Crippen MR) is 88.2 cm³/mol. The third-order valence-electron chi connectivity index (χ3n) is 3.27. The van der Waals surface area contributed by atoms with Gasteiger partial charge in [-0.05, 0) is 42.1 Å². The molecule has 0 aliphatic rings. The molecule has 0 aliphatic heterocycles. The van der Waals surface area contributed by atoms with Crippen molar-refractivity contribution in [3.8, 4) is 11.4 Å². The highest BCUT2D eigenvalue weighted by molar-refractivity contribution is 7.15. The Labute approximate surface area is 133 Å². The maximum atomic E-state index is 12.4. The second kappa shape index (κ2) is 5.11. The van der Waals surface area contributed by atoms with Crippen molar-refractivity contribution in [1.82, 2.24) is 19.6 Å². The summed E-state index contributed by atoms with van der Waals surface area (Å²) in [4.78, 5) is 22.6. The first kappa shape index (κ1) is 13.3. The average Bonchev–Trinajstić information content (AvgIpc) is 3.20. The monoisotopic (exact) mass is 326 g/mol. The number of hydrogen-bond donors (Lipinski definition) is 0. The molecule has 0 bridgehead atoms. The topological polar surface area (TPSA) is 60.1 Å². The van der Waals surface area contributed by atoms with Gasteiger partial charge in [0.2, 0.25) is 4.96 Å². The molecule has 0 fully saturated rings. The van der Waals surface area contributed by atoms with Gasteiger partial charge in [0, 0.05) is 22.8 Å². The maximum Gasteiger partial charge on any atom is 0.291 e. The van der Waals surface area contributed by atoms with Crippen LogP contribution in [0.4, 0.5) is 0 Å². The molecule has 108 valence electrons. The van der Waals surface area contributed by atoms with E-state index in [1.54, 1.807) is 23.7 Å². The SMILES string of the molecule is Cc1ccsc1/C=c1\sc2nc(-c3cccnc3)nn2c1=O. The summed E-state index contributed by atoms with van der Waals surface area (Å²) in [6, 6.07) is 5.73. The van der Waals surface area contributed by atoms with Gasteiger partial charge in [-0.1, -0.05) is 11.3 Å². The van der Waals surface area contributed by atoms with Gasteiger partial charge in [0.1, 0.15) is 0 Å². The van der Waals surface area contributed by atoms with E-state index >= 15 is 0 Å². The van der Waals surface area contributed by atoms with Crippen molar-refractivity contribution in [2.45, 2.75) is 6.92 Å². The Morgan fingerprint density at radius 1 is 1.32 bits per heavy atom. The number of aromatic nitrogens is 4. The molecule has 0 unspecified atom stereocenters. The average molecular weight is 326 g/mol. The van der Waals surface area contributed by atoms with Crippen LogP contribution in [0.5, 0.6) is 0 Å². The number of fused-ring (bicyclic) bond motifs is 1. The van der Waals surface area contributed by atoms with E-state index in [2.05, 4.69) is 15.1 Å². The van der Waals surface area contributed by atoms with Crippen LogP contribution in [0.25, 0.3) is 22.4 Å². The zero-order chi connectivity index (χ0) is 15.1. The standard InChI is InChI=1S/C15H10N4OS2/c1-9-4-6-21-11(9)7-12-14(20)19-15(22-12)17-13(18-19)10-3-2-5-16-8-10/h2-8H,1H3/b12-7-. The maximum absolute atomic E-state index is 12.4. The number of nitrogens with zero attached hydrogens (tertiary/aromatic N) is 4. The minimum atomic E-state index is -0.129. The summed E-state index contributed by atoms with van der Waals surface area (Å²) in [5.74, 6) is 0.523. The van der Waals surface area contributed by atoms with Crippen LogP contribution in [0.15, 0.2) is 40.8 Å². The lowest BCUT2D eigenvalue weighted by Gasteiger charge is -1.90. The lowest BCUT2D eigenvalue weighted by Crippen LogP contribution is -2.23. The second-order valence-electron chi connectivity index (χ2n) is 4.76. The first-order chi connectivity index (χ1) is 10.7. The van der Waals surface area contributed by atoms with Gasteiger partial charge in [0.15, 0.2) is 5.82 Å². The largest absolute Gasteiger partial charge is 0.291 e. The Balaban J connectivity index is 1.87. The minimum absolute atomic E-state index is 0.129. The number of thiophene rings is 1. The fourth-order valence-corrected chi connectivity index (χ4v) is 3.93. The Morgan fingerprint density at radius 3 is 2.91 bits per heavy atom. The van der Waals surface area contributed by atoms with Crippen LogP contribution in [-0.4, -0.2) is 19.6 Å². The van der Waals surface area contributed by atoms with Gasteiger partial charge in [0.25, 0.3) is 5.56 Å². The summed E-state index contributed by atoms with van der Waals surface area (Å²) in [6.07, 6.45) is 5.29. The van der Waals surface area contributed by atoms with Crippen molar-refractivity contribution in [3.63, 3.8) is 0 Å². The molecule has 0 aromatic carbocycles. The molecule has 0 atom stereocenters. The van der Waals surface area contributed by atoms with Crippen LogP contribution in [0.3, 0.4) is 0 Å². The highest BCUT2D eigenvalue weighted by atomic mass is 32.1.